The molecule has 1 saturated heterocycles. The Morgan fingerprint density at radius 3 is 2.47 bits per heavy atom. The van der Waals surface area contributed by atoms with Crippen LogP contribution in [-0.2, 0) is 4.79 Å². The number of hydrogen-bond acceptors (Lipinski definition) is 3. The van der Waals surface area contributed by atoms with Crippen LogP contribution in [0.2, 0.25) is 0 Å². The second kappa shape index (κ2) is 6.68. The van der Waals surface area contributed by atoms with Crippen LogP contribution >= 0.6 is 0 Å². The van der Waals surface area contributed by atoms with Gasteiger partial charge in [-0.3, -0.25) is 9.69 Å². The molecule has 1 aromatic carbocycles. The van der Waals surface area contributed by atoms with Gasteiger partial charge in [-0.1, -0.05) is 30.3 Å². The van der Waals surface area contributed by atoms with Gasteiger partial charge in [-0.05, 0) is 19.5 Å². The summed E-state index contributed by atoms with van der Waals surface area (Å²) in [6, 6.07) is 10.1. The van der Waals surface area contributed by atoms with Gasteiger partial charge in [-0.2, -0.15) is 0 Å². The molecule has 104 valence electrons. The summed E-state index contributed by atoms with van der Waals surface area (Å²) < 4.78 is 0. The van der Waals surface area contributed by atoms with Gasteiger partial charge in [0.2, 0.25) is 5.91 Å². The molecule has 4 nitrogen and oxygen atoms in total. The van der Waals surface area contributed by atoms with Gasteiger partial charge in [0.25, 0.3) is 0 Å². The molecule has 0 radical (unpaired) electrons. The number of likely N-dealkylation sites (N-methyl/N-ethyl adjacent to an activating group) is 1. The summed E-state index contributed by atoms with van der Waals surface area (Å²) >= 11 is 0. The van der Waals surface area contributed by atoms with Gasteiger partial charge >= 0.3 is 0 Å². The average molecular weight is 261 g/mol. The number of hydrogen-bond donors (Lipinski definition) is 1. The molecule has 0 saturated carbocycles. The number of benzene rings is 1. The van der Waals surface area contributed by atoms with Crippen LogP contribution in [-0.4, -0.2) is 55.5 Å². The molecule has 1 fully saturated rings. The summed E-state index contributed by atoms with van der Waals surface area (Å²) in [6.07, 6.45) is 0. The molecule has 1 aliphatic heterocycles. The molecule has 1 heterocycles. The third kappa shape index (κ3) is 4.33. The second-order valence-corrected chi connectivity index (χ2v) is 5.28. The lowest BCUT2D eigenvalue weighted by Crippen LogP contribution is -2.48. The minimum atomic E-state index is 0.0705. The van der Waals surface area contributed by atoms with Crippen molar-refractivity contribution >= 4 is 5.91 Å². The number of piperazine rings is 1. The fourth-order valence-corrected chi connectivity index (χ4v) is 2.32. The van der Waals surface area contributed by atoms with E-state index in [-0.39, 0.29) is 11.9 Å². The highest BCUT2D eigenvalue weighted by Gasteiger charge is 2.17. The van der Waals surface area contributed by atoms with E-state index >= 15 is 0 Å². The van der Waals surface area contributed by atoms with Crippen LogP contribution in [0.4, 0.5) is 0 Å². The number of carbonyl (C=O) groups is 1. The summed E-state index contributed by atoms with van der Waals surface area (Å²) in [5, 5.41) is 3.06. The fourth-order valence-electron chi connectivity index (χ4n) is 2.32. The molecule has 2 rings (SSSR count). The Kier molecular flexibility index (Phi) is 4.93. The predicted molar refractivity (Wildman–Crippen MR) is 76.9 cm³/mol. The standard InChI is InChI=1S/C15H23N3O/c1-13(14-6-4-3-5-7-14)16-15(19)12-18-10-8-17(2)9-11-18/h3-7,13H,8-12H2,1-2H3,(H,16,19). The van der Waals surface area contributed by atoms with Crippen molar-refractivity contribution in [3.05, 3.63) is 35.9 Å². The monoisotopic (exact) mass is 261 g/mol. The zero-order valence-electron chi connectivity index (χ0n) is 11.8. The molecule has 4 heteroatoms. The molecule has 0 bridgehead atoms. The smallest absolute Gasteiger partial charge is 0.234 e. The molecular weight excluding hydrogens is 238 g/mol. The van der Waals surface area contributed by atoms with Crippen molar-refractivity contribution in [1.29, 1.82) is 0 Å². The molecule has 1 unspecified atom stereocenters. The highest BCUT2D eigenvalue weighted by Crippen LogP contribution is 2.10. The Labute approximate surface area is 115 Å². The maximum Gasteiger partial charge on any atom is 0.234 e. The quantitative estimate of drug-likeness (QED) is 0.882. The van der Waals surface area contributed by atoms with E-state index in [2.05, 4.69) is 22.2 Å². The summed E-state index contributed by atoms with van der Waals surface area (Å²) in [5.74, 6) is 0.112. The van der Waals surface area contributed by atoms with E-state index in [1.165, 1.54) is 0 Å². The van der Waals surface area contributed by atoms with Crippen LogP contribution in [0.15, 0.2) is 30.3 Å². The van der Waals surface area contributed by atoms with Crippen molar-refractivity contribution in [1.82, 2.24) is 15.1 Å². The van der Waals surface area contributed by atoms with Crippen molar-refractivity contribution < 1.29 is 4.79 Å². The molecule has 1 atom stereocenters. The Hall–Kier alpha value is -1.39. The van der Waals surface area contributed by atoms with Gasteiger partial charge in [-0.25, -0.2) is 0 Å². The summed E-state index contributed by atoms with van der Waals surface area (Å²) in [4.78, 5) is 16.5. The van der Waals surface area contributed by atoms with Crippen molar-refractivity contribution in [2.75, 3.05) is 39.8 Å². The maximum atomic E-state index is 12.0. The maximum absolute atomic E-state index is 12.0. The molecule has 1 aromatic rings. The van der Waals surface area contributed by atoms with Crippen LogP contribution in [0, 0.1) is 0 Å². The topological polar surface area (TPSA) is 35.6 Å². The van der Waals surface area contributed by atoms with Gasteiger partial charge in [-0.15, -0.1) is 0 Å². The van der Waals surface area contributed by atoms with Crippen LogP contribution in [0.3, 0.4) is 0 Å². The van der Waals surface area contributed by atoms with E-state index in [9.17, 15) is 4.79 Å². The number of nitrogens with zero attached hydrogens (tertiary/aromatic N) is 2. The lowest BCUT2D eigenvalue weighted by atomic mass is 10.1. The highest BCUT2D eigenvalue weighted by atomic mass is 16.2. The fraction of sp³-hybridized carbons (Fsp3) is 0.533. The van der Waals surface area contributed by atoms with Gasteiger partial charge in [0.1, 0.15) is 0 Å². The van der Waals surface area contributed by atoms with Crippen molar-refractivity contribution in [2.24, 2.45) is 0 Å². The Morgan fingerprint density at radius 1 is 1.21 bits per heavy atom. The molecule has 0 aliphatic carbocycles. The molecule has 0 spiro atoms. The van der Waals surface area contributed by atoms with E-state index in [0.717, 1.165) is 31.7 Å². The van der Waals surface area contributed by atoms with E-state index in [1.54, 1.807) is 0 Å². The van der Waals surface area contributed by atoms with E-state index in [1.807, 2.05) is 37.3 Å². The first-order chi connectivity index (χ1) is 9.15. The van der Waals surface area contributed by atoms with Crippen LogP contribution in [0.25, 0.3) is 0 Å². The largest absolute Gasteiger partial charge is 0.348 e. The van der Waals surface area contributed by atoms with E-state index < -0.39 is 0 Å². The Balaban J connectivity index is 1.78. The Bertz CT molecular complexity index is 399. The first kappa shape index (κ1) is 14.0. The van der Waals surface area contributed by atoms with Crippen LogP contribution in [0.5, 0.6) is 0 Å². The Morgan fingerprint density at radius 2 is 1.84 bits per heavy atom. The SMILES string of the molecule is CC(NC(=O)CN1CCN(C)CC1)c1ccccc1. The number of rotatable bonds is 4. The lowest BCUT2D eigenvalue weighted by molar-refractivity contribution is -0.123. The van der Waals surface area contributed by atoms with E-state index in [4.69, 9.17) is 0 Å². The third-order valence-electron chi connectivity index (χ3n) is 3.64. The van der Waals surface area contributed by atoms with Crippen molar-refractivity contribution in [3.63, 3.8) is 0 Å². The third-order valence-corrected chi connectivity index (χ3v) is 3.64. The first-order valence-corrected chi connectivity index (χ1v) is 6.90. The summed E-state index contributed by atoms with van der Waals surface area (Å²) in [6.45, 7) is 6.57. The van der Waals surface area contributed by atoms with Crippen molar-refractivity contribution in [3.8, 4) is 0 Å². The minimum absolute atomic E-state index is 0.0705. The average Bonchev–Trinajstić information content (AvgIpc) is 2.42. The molecule has 1 aliphatic rings. The van der Waals surface area contributed by atoms with Crippen LogP contribution in [0.1, 0.15) is 18.5 Å². The second-order valence-electron chi connectivity index (χ2n) is 5.28. The van der Waals surface area contributed by atoms with E-state index in [0.29, 0.717) is 6.54 Å². The predicted octanol–water partition coefficient (Wildman–Crippen LogP) is 1.11. The van der Waals surface area contributed by atoms with Crippen molar-refractivity contribution in [2.45, 2.75) is 13.0 Å². The van der Waals surface area contributed by atoms with Gasteiger partial charge in [0, 0.05) is 26.2 Å². The summed E-state index contributed by atoms with van der Waals surface area (Å²) in [5.41, 5.74) is 1.15. The van der Waals surface area contributed by atoms with Gasteiger partial charge in [0.15, 0.2) is 0 Å². The highest BCUT2D eigenvalue weighted by molar-refractivity contribution is 5.78. The zero-order valence-corrected chi connectivity index (χ0v) is 11.8. The molecule has 19 heavy (non-hydrogen) atoms. The number of nitrogens with one attached hydrogen (secondary N) is 1. The lowest BCUT2D eigenvalue weighted by Gasteiger charge is -2.32. The zero-order chi connectivity index (χ0) is 13.7. The normalized spacial score (nSPS) is 19.1. The van der Waals surface area contributed by atoms with Gasteiger partial charge < -0.3 is 10.2 Å². The van der Waals surface area contributed by atoms with Gasteiger partial charge in [0.05, 0.1) is 12.6 Å². The summed E-state index contributed by atoms with van der Waals surface area (Å²) in [7, 11) is 2.12. The number of amides is 1. The number of carbonyl (C=O) groups excluding carboxylic acids is 1. The minimum Gasteiger partial charge on any atom is -0.348 e. The molecule has 1 N–H and O–H groups in total. The first-order valence-electron chi connectivity index (χ1n) is 6.90. The van der Waals surface area contributed by atoms with Crippen LogP contribution < -0.4 is 5.32 Å². The molecule has 0 aromatic heterocycles. The molecule has 1 amide bonds. The molecular formula is C15H23N3O.